The van der Waals surface area contributed by atoms with Crippen LogP contribution in [0.1, 0.15) is 25.8 Å². The molecule has 0 aliphatic rings. The Hall–Kier alpha value is -1.75. The fraction of sp³-hybridized carbons (Fsp3) is 0.611. The number of hydrogen-bond donors (Lipinski definition) is 2. The van der Waals surface area contributed by atoms with Gasteiger partial charge in [0, 0.05) is 26.7 Å². The van der Waals surface area contributed by atoms with Gasteiger partial charge in [0.15, 0.2) is 5.96 Å². The molecule has 0 amide bonds. The molecule has 1 aromatic rings. The van der Waals surface area contributed by atoms with E-state index in [-0.39, 0.29) is 0 Å². The molecular weight excluding hydrogens is 288 g/mol. The van der Waals surface area contributed by atoms with E-state index in [0.29, 0.717) is 5.92 Å². The van der Waals surface area contributed by atoms with Crippen LogP contribution in [0.5, 0.6) is 5.75 Å². The van der Waals surface area contributed by atoms with Crippen LogP contribution in [-0.2, 0) is 6.54 Å². The monoisotopic (exact) mass is 320 g/mol. The van der Waals surface area contributed by atoms with Gasteiger partial charge >= 0.3 is 0 Å². The van der Waals surface area contributed by atoms with Crippen LogP contribution >= 0.6 is 0 Å². The summed E-state index contributed by atoms with van der Waals surface area (Å²) in [5, 5.41) is 6.62. The smallest absolute Gasteiger partial charge is 0.191 e. The second-order valence-corrected chi connectivity index (χ2v) is 6.35. The molecule has 0 spiro atoms. The van der Waals surface area contributed by atoms with Crippen LogP contribution in [0.4, 0.5) is 0 Å². The Balaban J connectivity index is 2.33. The average molecular weight is 320 g/mol. The first-order valence-electron chi connectivity index (χ1n) is 8.32. The summed E-state index contributed by atoms with van der Waals surface area (Å²) in [5.74, 6) is 2.36. The number of benzene rings is 1. The average Bonchev–Trinajstić information content (AvgIpc) is 2.52. The number of nitrogens with zero attached hydrogens (tertiary/aromatic N) is 2. The molecule has 0 heterocycles. The number of aliphatic imine (C=N–C) groups is 1. The lowest BCUT2D eigenvalue weighted by atomic mass is 10.2. The summed E-state index contributed by atoms with van der Waals surface area (Å²) in [6.07, 6.45) is 1.04. The maximum atomic E-state index is 5.74. The lowest BCUT2D eigenvalue weighted by Gasteiger charge is -2.14. The highest BCUT2D eigenvalue weighted by Crippen LogP contribution is 2.12. The minimum atomic E-state index is 0.595. The summed E-state index contributed by atoms with van der Waals surface area (Å²) in [6, 6.07) is 8.22. The van der Waals surface area contributed by atoms with Crippen LogP contribution in [0.25, 0.3) is 0 Å². The summed E-state index contributed by atoms with van der Waals surface area (Å²) in [5.41, 5.74) is 1.21. The van der Waals surface area contributed by atoms with Gasteiger partial charge in [-0.3, -0.25) is 4.99 Å². The Morgan fingerprint density at radius 3 is 2.43 bits per heavy atom. The molecular formula is C18H32N4O. The molecule has 0 atom stereocenters. The Labute approximate surface area is 141 Å². The van der Waals surface area contributed by atoms with Gasteiger partial charge < -0.3 is 20.3 Å². The molecule has 0 radical (unpaired) electrons. The van der Waals surface area contributed by atoms with Gasteiger partial charge in [0.25, 0.3) is 0 Å². The third kappa shape index (κ3) is 9.08. The predicted octanol–water partition coefficient (Wildman–Crippen LogP) is 2.34. The first-order chi connectivity index (χ1) is 11.0. The molecule has 0 aromatic heterocycles. The van der Waals surface area contributed by atoms with Crippen LogP contribution < -0.4 is 15.4 Å². The molecule has 0 bridgehead atoms. The largest absolute Gasteiger partial charge is 0.494 e. The van der Waals surface area contributed by atoms with E-state index in [0.717, 1.165) is 44.4 Å². The van der Waals surface area contributed by atoms with Gasteiger partial charge in [-0.05, 0) is 44.1 Å². The van der Waals surface area contributed by atoms with Crippen LogP contribution in [0, 0.1) is 5.92 Å². The molecule has 5 nitrogen and oxygen atoms in total. The normalized spacial score (nSPS) is 11.9. The molecule has 0 unspecified atom stereocenters. The van der Waals surface area contributed by atoms with Crippen molar-refractivity contribution in [3.05, 3.63) is 29.8 Å². The van der Waals surface area contributed by atoms with Crippen molar-refractivity contribution in [2.24, 2.45) is 10.9 Å². The Morgan fingerprint density at radius 1 is 1.17 bits per heavy atom. The molecule has 0 aliphatic carbocycles. The number of ether oxygens (including phenoxy) is 1. The fourth-order valence-electron chi connectivity index (χ4n) is 1.98. The molecule has 0 saturated heterocycles. The van der Waals surface area contributed by atoms with Crippen molar-refractivity contribution in [2.45, 2.75) is 26.8 Å². The van der Waals surface area contributed by atoms with Gasteiger partial charge in [0.2, 0.25) is 0 Å². The summed E-state index contributed by atoms with van der Waals surface area (Å²) in [6.45, 7) is 7.82. The van der Waals surface area contributed by atoms with E-state index in [1.807, 2.05) is 12.1 Å². The third-order valence-electron chi connectivity index (χ3n) is 3.30. The fourth-order valence-corrected chi connectivity index (χ4v) is 1.98. The topological polar surface area (TPSA) is 48.9 Å². The summed E-state index contributed by atoms with van der Waals surface area (Å²) >= 11 is 0. The minimum Gasteiger partial charge on any atom is -0.494 e. The van der Waals surface area contributed by atoms with E-state index >= 15 is 0 Å². The lowest BCUT2D eigenvalue weighted by molar-refractivity contribution is 0.281. The second kappa shape index (κ2) is 10.9. The Bertz CT molecular complexity index is 455. The molecule has 5 heteroatoms. The lowest BCUT2D eigenvalue weighted by Crippen LogP contribution is -2.38. The van der Waals surface area contributed by atoms with E-state index in [2.05, 4.69) is 60.6 Å². The molecule has 0 saturated carbocycles. The van der Waals surface area contributed by atoms with Gasteiger partial charge in [-0.15, -0.1) is 0 Å². The number of nitrogens with one attached hydrogen (secondary N) is 2. The highest BCUT2D eigenvalue weighted by atomic mass is 16.5. The summed E-state index contributed by atoms with van der Waals surface area (Å²) in [7, 11) is 5.94. The predicted molar refractivity (Wildman–Crippen MR) is 98.1 cm³/mol. The van der Waals surface area contributed by atoms with Crippen molar-refractivity contribution < 1.29 is 4.74 Å². The van der Waals surface area contributed by atoms with Crippen LogP contribution in [0.15, 0.2) is 29.3 Å². The summed E-state index contributed by atoms with van der Waals surface area (Å²) < 4.78 is 5.74. The van der Waals surface area contributed by atoms with Gasteiger partial charge in [-0.25, -0.2) is 0 Å². The Morgan fingerprint density at radius 2 is 1.87 bits per heavy atom. The second-order valence-electron chi connectivity index (χ2n) is 6.35. The van der Waals surface area contributed by atoms with Crippen molar-refractivity contribution in [3.8, 4) is 5.75 Å². The van der Waals surface area contributed by atoms with Crippen LogP contribution in [0.2, 0.25) is 0 Å². The van der Waals surface area contributed by atoms with E-state index in [1.54, 1.807) is 7.05 Å². The molecule has 0 fully saturated rings. The summed E-state index contributed by atoms with van der Waals surface area (Å²) in [4.78, 5) is 6.39. The van der Waals surface area contributed by atoms with E-state index in [4.69, 9.17) is 4.74 Å². The standard InChI is InChI=1S/C18H32N4O/c1-15(2)13-20-18(19-3)21-14-16-7-9-17(10-8-16)23-12-6-11-22(4)5/h7-10,15H,6,11-14H2,1-5H3,(H2,19,20,21). The zero-order valence-electron chi connectivity index (χ0n) is 15.2. The van der Waals surface area contributed by atoms with Gasteiger partial charge in [0.1, 0.15) is 5.75 Å². The van der Waals surface area contributed by atoms with Gasteiger partial charge in [-0.1, -0.05) is 26.0 Å². The molecule has 2 N–H and O–H groups in total. The highest BCUT2D eigenvalue weighted by Gasteiger charge is 2.01. The van der Waals surface area contributed by atoms with E-state index in [1.165, 1.54) is 5.56 Å². The first-order valence-corrected chi connectivity index (χ1v) is 8.32. The molecule has 130 valence electrons. The minimum absolute atomic E-state index is 0.595. The van der Waals surface area contributed by atoms with Crippen molar-refractivity contribution in [2.75, 3.05) is 40.8 Å². The number of guanidine groups is 1. The zero-order valence-corrected chi connectivity index (χ0v) is 15.2. The van der Waals surface area contributed by atoms with Crippen molar-refractivity contribution in [3.63, 3.8) is 0 Å². The maximum absolute atomic E-state index is 5.74. The van der Waals surface area contributed by atoms with E-state index in [9.17, 15) is 0 Å². The third-order valence-corrected chi connectivity index (χ3v) is 3.30. The number of hydrogen-bond acceptors (Lipinski definition) is 3. The quantitative estimate of drug-likeness (QED) is 0.416. The SMILES string of the molecule is CN=C(NCc1ccc(OCCCN(C)C)cc1)NCC(C)C. The molecule has 0 aliphatic heterocycles. The van der Waals surface area contributed by atoms with Crippen molar-refractivity contribution >= 4 is 5.96 Å². The van der Waals surface area contributed by atoms with Crippen LogP contribution in [-0.4, -0.2) is 51.7 Å². The van der Waals surface area contributed by atoms with Crippen molar-refractivity contribution in [1.29, 1.82) is 0 Å². The molecule has 1 rings (SSSR count). The maximum Gasteiger partial charge on any atom is 0.191 e. The van der Waals surface area contributed by atoms with Gasteiger partial charge in [-0.2, -0.15) is 0 Å². The molecule has 23 heavy (non-hydrogen) atoms. The van der Waals surface area contributed by atoms with Crippen molar-refractivity contribution in [1.82, 2.24) is 15.5 Å². The first kappa shape index (κ1) is 19.3. The van der Waals surface area contributed by atoms with Crippen LogP contribution in [0.3, 0.4) is 0 Å². The van der Waals surface area contributed by atoms with E-state index < -0.39 is 0 Å². The van der Waals surface area contributed by atoms with Gasteiger partial charge in [0.05, 0.1) is 6.61 Å². The Kier molecular flexibility index (Phi) is 9.14. The molecule has 1 aromatic carbocycles. The zero-order chi connectivity index (χ0) is 17.1. The number of rotatable bonds is 9. The highest BCUT2D eigenvalue weighted by molar-refractivity contribution is 5.79.